The van der Waals surface area contributed by atoms with Crippen molar-refractivity contribution >= 4 is 11.8 Å². The molecule has 1 aromatic carbocycles. The molecule has 4 nitrogen and oxygen atoms in total. The van der Waals surface area contributed by atoms with Crippen molar-refractivity contribution < 1.29 is 14.2 Å². The highest BCUT2D eigenvalue weighted by Crippen LogP contribution is 2.31. The monoisotopic (exact) mass is 299 g/mol. The summed E-state index contributed by atoms with van der Waals surface area (Å²) in [7, 11) is 7.07. The highest BCUT2D eigenvalue weighted by Gasteiger charge is 2.15. The van der Waals surface area contributed by atoms with Crippen LogP contribution in [0.4, 0.5) is 0 Å². The van der Waals surface area contributed by atoms with Crippen molar-refractivity contribution in [3.05, 3.63) is 23.8 Å². The van der Waals surface area contributed by atoms with Crippen LogP contribution in [-0.2, 0) is 4.74 Å². The lowest BCUT2D eigenvalue weighted by Crippen LogP contribution is -2.19. The second kappa shape index (κ2) is 9.91. The Bertz CT molecular complexity index is 387. The Balaban J connectivity index is 2.64. The fourth-order valence-electron chi connectivity index (χ4n) is 1.94. The van der Waals surface area contributed by atoms with Crippen LogP contribution in [0.25, 0.3) is 0 Å². The van der Waals surface area contributed by atoms with E-state index in [9.17, 15) is 0 Å². The Hall–Kier alpha value is -0.910. The summed E-state index contributed by atoms with van der Waals surface area (Å²) in [5, 5.41) is 3.35. The summed E-state index contributed by atoms with van der Waals surface area (Å²) in [5.41, 5.74) is 1.16. The number of nitrogens with one attached hydrogen (secondary N) is 1. The molecule has 1 N–H and O–H groups in total. The van der Waals surface area contributed by atoms with Crippen molar-refractivity contribution in [1.82, 2.24) is 5.32 Å². The number of methoxy groups -OCH3 is 3. The van der Waals surface area contributed by atoms with E-state index < -0.39 is 0 Å². The van der Waals surface area contributed by atoms with Gasteiger partial charge in [0.1, 0.15) is 11.5 Å². The first-order chi connectivity index (χ1) is 9.76. The summed E-state index contributed by atoms with van der Waals surface area (Å²) < 4.78 is 15.8. The van der Waals surface area contributed by atoms with E-state index >= 15 is 0 Å². The fourth-order valence-corrected chi connectivity index (χ4v) is 3.01. The van der Waals surface area contributed by atoms with Gasteiger partial charge in [-0.1, -0.05) is 6.07 Å². The van der Waals surface area contributed by atoms with Crippen LogP contribution in [0.1, 0.15) is 18.0 Å². The van der Waals surface area contributed by atoms with Crippen LogP contribution in [-0.4, -0.2) is 46.5 Å². The first-order valence-corrected chi connectivity index (χ1v) is 7.88. The third kappa shape index (κ3) is 5.23. The molecule has 1 atom stereocenters. The van der Waals surface area contributed by atoms with Crippen molar-refractivity contribution in [2.75, 3.05) is 46.5 Å². The van der Waals surface area contributed by atoms with Crippen molar-refractivity contribution in [2.45, 2.75) is 12.5 Å². The summed E-state index contributed by atoms with van der Waals surface area (Å²) in [6.07, 6.45) is 1.08. The Kier molecular flexibility index (Phi) is 8.49. The van der Waals surface area contributed by atoms with Crippen LogP contribution in [0.15, 0.2) is 18.2 Å². The van der Waals surface area contributed by atoms with Crippen molar-refractivity contribution in [3.8, 4) is 11.5 Å². The summed E-state index contributed by atoms with van der Waals surface area (Å²) in [6.45, 7) is 0.822. The quantitative estimate of drug-likeness (QED) is 0.673. The molecule has 0 aliphatic heterocycles. The normalized spacial score (nSPS) is 12.2. The van der Waals surface area contributed by atoms with E-state index in [4.69, 9.17) is 14.2 Å². The highest BCUT2D eigenvalue weighted by molar-refractivity contribution is 7.99. The Morgan fingerprint density at radius 1 is 1.20 bits per heavy atom. The lowest BCUT2D eigenvalue weighted by molar-refractivity contribution is 0.200. The summed E-state index contributed by atoms with van der Waals surface area (Å²) in [6, 6.07) is 6.23. The number of benzene rings is 1. The SMILES string of the molecule is CNC(CSCCCOC)c1ccc(OC)cc1OC. The molecule has 0 aromatic heterocycles. The summed E-state index contributed by atoms with van der Waals surface area (Å²) >= 11 is 1.92. The lowest BCUT2D eigenvalue weighted by atomic mass is 10.1. The molecule has 0 radical (unpaired) electrons. The molecule has 0 saturated heterocycles. The molecule has 0 aliphatic carbocycles. The van der Waals surface area contributed by atoms with Crippen molar-refractivity contribution in [3.63, 3.8) is 0 Å². The topological polar surface area (TPSA) is 39.7 Å². The predicted molar refractivity (Wildman–Crippen MR) is 85.2 cm³/mol. The Labute approximate surface area is 126 Å². The highest BCUT2D eigenvalue weighted by atomic mass is 32.2. The second-order valence-corrected chi connectivity index (χ2v) is 5.52. The van der Waals surface area contributed by atoms with E-state index in [1.54, 1.807) is 21.3 Å². The third-order valence-corrected chi connectivity index (χ3v) is 4.23. The Morgan fingerprint density at radius 3 is 2.60 bits per heavy atom. The lowest BCUT2D eigenvalue weighted by Gasteiger charge is -2.19. The molecule has 0 heterocycles. The number of ether oxygens (including phenoxy) is 3. The van der Waals surface area contributed by atoms with Crippen LogP contribution in [0, 0.1) is 0 Å². The average Bonchev–Trinajstić information content (AvgIpc) is 2.50. The van der Waals surface area contributed by atoms with Gasteiger partial charge in [-0.3, -0.25) is 0 Å². The van der Waals surface area contributed by atoms with E-state index in [1.165, 1.54) is 0 Å². The summed E-state index contributed by atoms with van der Waals surface area (Å²) in [5.74, 6) is 3.78. The first-order valence-electron chi connectivity index (χ1n) is 6.72. The van der Waals surface area contributed by atoms with E-state index in [1.807, 2.05) is 30.9 Å². The standard InChI is InChI=1S/C15H25NO3S/c1-16-14(11-20-9-5-8-17-2)13-7-6-12(18-3)10-15(13)19-4/h6-7,10,14,16H,5,8-9,11H2,1-4H3. The van der Waals surface area contributed by atoms with E-state index in [-0.39, 0.29) is 6.04 Å². The van der Waals surface area contributed by atoms with Gasteiger partial charge in [-0.2, -0.15) is 11.8 Å². The van der Waals surface area contributed by atoms with Gasteiger partial charge in [0.25, 0.3) is 0 Å². The van der Waals surface area contributed by atoms with Gasteiger partial charge in [-0.25, -0.2) is 0 Å². The number of thioether (sulfide) groups is 1. The van der Waals surface area contributed by atoms with Crippen LogP contribution >= 0.6 is 11.8 Å². The average molecular weight is 299 g/mol. The Morgan fingerprint density at radius 2 is 2.00 bits per heavy atom. The molecule has 1 aromatic rings. The minimum Gasteiger partial charge on any atom is -0.497 e. The first kappa shape index (κ1) is 17.1. The molecule has 20 heavy (non-hydrogen) atoms. The van der Waals surface area contributed by atoms with E-state index in [2.05, 4.69) is 11.4 Å². The number of hydrogen-bond donors (Lipinski definition) is 1. The van der Waals surface area contributed by atoms with Crippen LogP contribution in [0.2, 0.25) is 0 Å². The molecule has 0 fully saturated rings. The largest absolute Gasteiger partial charge is 0.497 e. The maximum atomic E-state index is 5.47. The van der Waals surface area contributed by atoms with Gasteiger partial charge < -0.3 is 19.5 Å². The number of rotatable bonds is 10. The molecule has 1 rings (SSSR count). The van der Waals surface area contributed by atoms with Gasteiger partial charge in [-0.05, 0) is 25.3 Å². The molecular formula is C15H25NO3S. The third-order valence-electron chi connectivity index (χ3n) is 3.09. The molecule has 0 spiro atoms. The van der Waals surface area contributed by atoms with Crippen LogP contribution in [0.5, 0.6) is 11.5 Å². The van der Waals surface area contributed by atoms with Crippen LogP contribution < -0.4 is 14.8 Å². The van der Waals surface area contributed by atoms with Gasteiger partial charge >= 0.3 is 0 Å². The zero-order valence-corrected chi connectivity index (χ0v) is 13.6. The maximum Gasteiger partial charge on any atom is 0.127 e. The fraction of sp³-hybridized carbons (Fsp3) is 0.600. The molecular weight excluding hydrogens is 274 g/mol. The van der Waals surface area contributed by atoms with Crippen LogP contribution in [0.3, 0.4) is 0 Å². The van der Waals surface area contributed by atoms with Crippen molar-refractivity contribution in [2.24, 2.45) is 0 Å². The molecule has 1 unspecified atom stereocenters. The smallest absolute Gasteiger partial charge is 0.127 e. The molecule has 0 bridgehead atoms. The predicted octanol–water partition coefficient (Wildman–Crippen LogP) is 2.73. The van der Waals surface area contributed by atoms with Gasteiger partial charge in [0.2, 0.25) is 0 Å². The molecule has 0 saturated carbocycles. The maximum absolute atomic E-state index is 5.47. The minimum atomic E-state index is 0.267. The minimum absolute atomic E-state index is 0.267. The van der Waals surface area contributed by atoms with Gasteiger partial charge in [0, 0.05) is 37.1 Å². The van der Waals surface area contributed by atoms with Gasteiger partial charge in [0.05, 0.1) is 14.2 Å². The second-order valence-electron chi connectivity index (χ2n) is 4.37. The van der Waals surface area contributed by atoms with Crippen molar-refractivity contribution in [1.29, 1.82) is 0 Å². The zero-order chi connectivity index (χ0) is 14.8. The van der Waals surface area contributed by atoms with Gasteiger partial charge in [0.15, 0.2) is 0 Å². The molecule has 0 aliphatic rings. The van der Waals surface area contributed by atoms with E-state index in [0.29, 0.717) is 0 Å². The number of hydrogen-bond acceptors (Lipinski definition) is 5. The summed E-state index contributed by atoms with van der Waals surface area (Å²) in [4.78, 5) is 0. The molecule has 0 amide bonds. The van der Waals surface area contributed by atoms with Gasteiger partial charge in [-0.15, -0.1) is 0 Å². The molecule has 5 heteroatoms. The zero-order valence-electron chi connectivity index (χ0n) is 12.8. The molecule has 114 valence electrons. The van der Waals surface area contributed by atoms with E-state index in [0.717, 1.165) is 41.6 Å².